The van der Waals surface area contributed by atoms with E-state index in [1.165, 1.54) is 6.92 Å². The summed E-state index contributed by atoms with van der Waals surface area (Å²) in [5, 5.41) is 21.3. The highest BCUT2D eigenvalue weighted by Crippen LogP contribution is 2.47. The molecule has 0 aromatic carbocycles. The van der Waals surface area contributed by atoms with Crippen LogP contribution in [0, 0.1) is 5.92 Å². The molecule has 0 saturated carbocycles. The highest BCUT2D eigenvalue weighted by Gasteiger charge is 2.58. The van der Waals surface area contributed by atoms with Crippen LogP contribution in [-0.4, -0.2) is 51.9 Å². The number of fused-ring (bicyclic) bond motifs is 3. The van der Waals surface area contributed by atoms with Gasteiger partial charge in [-0.2, -0.15) is 0 Å². The number of hydrogen-bond donors (Lipinski definition) is 2. The summed E-state index contributed by atoms with van der Waals surface area (Å²) in [6.45, 7) is 12.2. The third kappa shape index (κ3) is 2.90. The van der Waals surface area contributed by atoms with Crippen LogP contribution in [0.5, 0.6) is 0 Å². The van der Waals surface area contributed by atoms with Crippen molar-refractivity contribution >= 4 is 11.9 Å². The van der Waals surface area contributed by atoms with Crippen LogP contribution in [0.2, 0.25) is 0 Å². The van der Waals surface area contributed by atoms with Crippen molar-refractivity contribution in [3.63, 3.8) is 0 Å². The van der Waals surface area contributed by atoms with Gasteiger partial charge in [0.1, 0.15) is 12.2 Å². The molecule has 3 rings (SSSR count). The fourth-order valence-corrected chi connectivity index (χ4v) is 3.83. The van der Waals surface area contributed by atoms with Gasteiger partial charge in [-0.15, -0.1) is 0 Å². The van der Waals surface area contributed by atoms with Crippen LogP contribution < -0.4 is 0 Å². The largest absolute Gasteiger partial charge is 0.458 e. The topological polar surface area (TPSA) is 102 Å². The molecule has 0 aliphatic carbocycles. The number of hydrogen-bond acceptors (Lipinski definition) is 7. The van der Waals surface area contributed by atoms with Gasteiger partial charge >= 0.3 is 11.9 Å². The molecule has 3 heterocycles. The second-order valence-corrected chi connectivity index (χ2v) is 7.62. The summed E-state index contributed by atoms with van der Waals surface area (Å²) in [4.78, 5) is 24.2. The minimum absolute atomic E-state index is 0.0285. The minimum Gasteiger partial charge on any atom is -0.458 e. The molecule has 2 bridgehead atoms. The minimum atomic E-state index is -1.68. The Balaban J connectivity index is 2.08. The maximum absolute atomic E-state index is 12.1. The zero-order valence-electron chi connectivity index (χ0n) is 15.2. The van der Waals surface area contributed by atoms with E-state index in [4.69, 9.17) is 14.2 Å². The number of ether oxygens (including phenoxy) is 3. The molecule has 0 aromatic rings. The van der Waals surface area contributed by atoms with E-state index in [1.54, 1.807) is 19.9 Å². The Kier molecular flexibility index (Phi) is 4.37. The summed E-state index contributed by atoms with van der Waals surface area (Å²) in [5.74, 6) is -3.52. The number of aliphatic hydroxyl groups is 2. The number of esters is 2. The molecular formula is C19H24O7. The van der Waals surface area contributed by atoms with Crippen LogP contribution in [0.15, 0.2) is 36.0 Å². The van der Waals surface area contributed by atoms with Gasteiger partial charge in [-0.3, -0.25) is 0 Å². The number of rotatable bonds is 2. The Morgan fingerprint density at radius 2 is 2.08 bits per heavy atom. The van der Waals surface area contributed by atoms with E-state index in [0.29, 0.717) is 5.57 Å². The maximum atomic E-state index is 12.1. The van der Waals surface area contributed by atoms with Crippen molar-refractivity contribution in [2.45, 2.75) is 63.3 Å². The van der Waals surface area contributed by atoms with E-state index in [-0.39, 0.29) is 24.0 Å². The van der Waals surface area contributed by atoms with E-state index in [2.05, 4.69) is 13.2 Å². The Morgan fingerprint density at radius 3 is 2.69 bits per heavy atom. The normalized spacial score (nSPS) is 44.1. The Hall–Kier alpha value is -1.96. The standard InChI is InChI=1S/C19H24O7/c1-9(2)16(21)25-13-7-18(5)14(20)8-19(23,26-18)10(3)6-12-15(13)11(4)17(22)24-12/h6,12-15,20,23H,1,4,7-8H2,2-3,5H3/b10-6-/t12-,13-,14+,15+,18-,19+/m1/s1. The molecule has 7 heteroatoms. The zero-order chi connectivity index (χ0) is 19.4. The molecule has 142 valence electrons. The Morgan fingerprint density at radius 1 is 1.42 bits per heavy atom. The molecule has 0 radical (unpaired) electrons. The average molecular weight is 364 g/mol. The fourth-order valence-electron chi connectivity index (χ4n) is 3.83. The van der Waals surface area contributed by atoms with Crippen LogP contribution >= 0.6 is 0 Å². The first kappa shape index (κ1) is 18.8. The van der Waals surface area contributed by atoms with Crippen molar-refractivity contribution in [3.05, 3.63) is 36.0 Å². The van der Waals surface area contributed by atoms with Gasteiger partial charge < -0.3 is 24.4 Å². The van der Waals surface area contributed by atoms with Crippen molar-refractivity contribution in [1.29, 1.82) is 0 Å². The first-order valence-corrected chi connectivity index (χ1v) is 8.52. The predicted octanol–water partition coefficient (Wildman–Crippen LogP) is 1.15. The highest BCUT2D eigenvalue weighted by molar-refractivity contribution is 5.91. The van der Waals surface area contributed by atoms with Gasteiger partial charge in [0.15, 0.2) is 5.79 Å². The zero-order valence-corrected chi connectivity index (χ0v) is 15.2. The quantitative estimate of drug-likeness (QED) is 0.430. The van der Waals surface area contributed by atoms with E-state index in [0.717, 1.165) is 0 Å². The first-order chi connectivity index (χ1) is 12.0. The molecule has 26 heavy (non-hydrogen) atoms. The lowest BCUT2D eigenvalue weighted by Gasteiger charge is -2.34. The molecule has 0 aromatic heterocycles. The monoisotopic (exact) mass is 364 g/mol. The molecular weight excluding hydrogens is 340 g/mol. The maximum Gasteiger partial charge on any atom is 0.334 e. The number of carbonyl (C=O) groups excluding carboxylic acids is 2. The molecule has 2 fully saturated rings. The van der Waals surface area contributed by atoms with Crippen LogP contribution in [-0.2, 0) is 23.8 Å². The van der Waals surface area contributed by atoms with Gasteiger partial charge in [0, 0.05) is 24.0 Å². The lowest BCUT2D eigenvalue weighted by Crippen LogP contribution is -2.44. The Bertz CT molecular complexity index is 723. The summed E-state index contributed by atoms with van der Waals surface area (Å²) >= 11 is 0. The van der Waals surface area contributed by atoms with Crippen LogP contribution in [0.4, 0.5) is 0 Å². The summed E-state index contributed by atoms with van der Waals surface area (Å²) in [6, 6.07) is 0. The Labute approximate surface area is 151 Å². The molecule has 2 saturated heterocycles. The SMILES string of the molecule is C=C(C)C(=O)O[C@@H]1C[C@@]2(C)O[C@@](O)(C[C@@H]2O)/C(C)=C\[C@H]2OC(=O)C(=C)[C@@H]21. The van der Waals surface area contributed by atoms with Crippen LogP contribution in [0.3, 0.4) is 0 Å². The van der Waals surface area contributed by atoms with E-state index in [1.807, 2.05) is 0 Å². The molecule has 2 N–H and O–H groups in total. The summed E-state index contributed by atoms with van der Waals surface area (Å²) < 4.78 is 16.8. The lowest BCUT2D eigenvalue weighted by molar-refractivity contribution is -0.208. The fraction of sp³-hybridized carbons (Fsp3) is 0.579. The lowest BCUT2D eigenvalue weighted by atomic mass is 9.80. The van der Waals surface area contributed by atoms with Crippen molar-refractivity contribution in [2.75, 3.05) is 0 Å². The van der Waals surface area contributed by atoms with Crippen LogP contribution in [0.25, 0.3) is 0 Å². The van der Waals surface area contributed by atoms with Gasteiger partial charge in [-0.1, -0.05) is 13.2 Å². The molecule has 3 aliphatic heterocycles. The van der Waals surface area contributed by atoms with Gasteiger partial charge in [-0.05, 0) is 32.4 Å². The highest BCUT2D eigenvalue weighted by atomic mass is 16.7. The molecule has 3 aliphatic rings. The third-order valence-corrected chi connectivity index (χ3v) is 5.48. The van der Waals surface area contributed by atoms with Gasteiger partial charge in [0.2, 0.25) is 0 Å². The molecule has 0 spiro atoms. The van der Waals surface area contributed by atoms with Crippen LogP contribution in [0.1, 0.15) is 33.6 Å². The molecule has 6 atom stereocenters. The molecule has 7 nitrogen and oxygen atoms in total. The van der Waals surface area contributed by atoms with Crippen molar-refractivity contribution in [2.24, 2.45) is 5.92 Å². The van der Waals surface area contributed by atoms with E-state index < -0.39 is 47.6 Å². The third-order valence-electron chi connectivity index (χ3n) is 5.48. The second-order valence-electron chi connectivity index (χ2n) is 7.62. The van der Waals surface area contributed by atoms with Gasteiger partial charge in [0.05, 0.1) is 17.6 Å². The smallest absolute Gasteiger partial charge is 0.334 e. The van der Waals surface area contributed by atoms with Gasteiger partial charge in [0.25, 0.3) is 0 Å². The molecule has 0 unspecified atom stereocenters. The summed E-state index contributed by atoms with van der Waals surface area (Å²) in [7, 11) is 0. The average Bonchev–Trinajstić information content (AvgIpc) is 2.93. The first-order valence-electron chi connectivity index (χ1n) is 8.52. The van der Waals surface area contributed by atoms with Crippen molar-refractivity contribution in [1.82, 2.24) is 0 Å². The van der Waals surface area contributed by atoms with Crippen molar-refractivity contribution in [3.8, 4) is 0 Å². The predicted molar refractivity (Wildman–Crippen MR) is 90.6 cm³/mol. The summed E-state index contributed by atoms with van der Waals surface area (Å²) in [5.41, 5.74) is -0.366. The second kappa shape index (κ2) is 6.04. The van der Waals surface area contributed by atoms with Gasteiger partial charge in [-0.25, -0.2) is 9.59 Å². The van der Waals surface area contributed by atoms with E-state index in [9.17, 15) is 19.8 Å². The number of aliphatic hydroxyl groups excluding tert-OH is 1. The van der Waals surface area contributed by atoms with Crippen molar-refractivity contribution < 1.29 is 34.0 Å². The van der Waals surface area contributed by atoms with E-state index >= 15 is 0 Å². The summed E-state index contributed by atoms with van der Waals surface area (Å²) in [6.07, 6.45) is -0.957. The molecule has 0 amide bonds. The number of carbonyl (C=O) groups is 2.